The van der Waals surface area contributed by atoms with Gasteiger partial charge in [0, 0.05) is 12.1 Å². The minimum Gasteiger partial charge on any atom is -0.444 e. The normalized spacial score (nSPS) is 11.3. The lowest BCUT2D eigenvalue weighted by molar-refractivity contribution is 0.0525. The molecule has 0 atom stereocenters. The lowest BCUT2D eigenvalue weighted by Gasteiger charge is -2.19. The number of hydrogen-bond donors (Lipinski definition) is 1. The second-order valence-electron chi connectivity index (χ2n) is 6.16. The van der Waals surface area contributed by atoms with E-state index < -0.39 is 11.7 Å². The van der Waals surface area contributed by atoms with E-state index in [4.69, 9.17) is 16.3 Å². The Hall–Kier alpha value is -2.01. The van der Waals surface area contributed by atoms with Crippen LogP contribution in [0.5, 0.6) is 0 Å². The molecular weight excluding hydrogens is 314 g/mol. The van der Waals surface area contributed by atoms with Gasteiger partial charge in [0.05, 0.1) is 24.3 Å². The maximum atomic E-state index is 11.6. The van der Waals surface area contributed by atoms with Gasteiger partial charge in [0.25, 0.3) is 0 Å². The molecule has 124 valence electrons. The van der Waals surface area contributed by atoms with Gasteiger partial charge in [-0.1, -0.05) is 30.3 Å². The third kappa shape index (κ3) is 4.99. The number of halogens is 1. The van der Waals surface area contributed by atoms with Crippen molar-refractivity contribution in [2.24, 2.45) is 0 Å². The molecule has 1 N–H and O–H groups in total. The number of nitrogens with zero attached hydrogens (tertiary/aromatic N) is 2. The Morgan fingerprint density at radius 1 is 1.30 bits per heavy atom. The zero-order valence-electron chi connectivity index (χ0n) is 13.7. The van der Waals surface area contributed by atoms with E-state index in [1.54, 1.807) is 6.20 Å². The molecule has 0 saturated heterocycles. The largest absolute Gasteiger partial charge is 0.444 e. The van der Waals surface area contributed by atoms with Crippen LogP contribution in [-0.4, -0.2) is 28.0 Å². The molecule has 0 aliphatic carbocycles. The molecule has 2 aromatic rings. The molecule has 0 bridgehead atoms. The first-order valence-electron chi connectivity index (χ1n) is 7.53. The van der Waals surface area contributed by atoms with Crippen LogP contribution >= 0.6 is 11.6 Å². The maximum absolute atomic E-state index is 11.6. The second-order valence-corrected chi connectivity index (χ2v) is 6.42. The summed E-state index contributed by atoms with van der Waals surface area (Å²) in [6.45, 7) is 6.45. The van der Waals surface area contributed by atoms with Crippen molar-refractivity contribution in [3.05, 3.63) is 42.2 Å². The van der Waals surface area contributed by atoms with Gasteiger partial charge in [0.15, 0.2) is 0 Å². The van der Waals surface area contributed by atoms with E-state index in [9.17, 15) is 4.79 Å². The second kappa shape index (κ2) is 7.51. The molecule has 1 amide bonds. The average molecular weight is 336 g/mol. The fourth-order valence-corrected chi connectivity index (χ4v) is 2.46. The molecule has 0 radical (unpaired) electrons. The summed E-state index contributed by atoms with van der Waals surface area (Å²) in [5.74, 6) is 0.358. The van der Waals surface area contributed by atoms with Gasteiger partial charge in [-0.05, 0) is 26.3 Å². The van der Waals surface area contributed by atoms with E-state index in [0.717, 1.165) is 16.8 Å². The Balaban J connectivity index is 1.99. The van der Waals surface area contributed by atoms with Crippen molar-refractivity contribution in [1.29, 1.82) is 0 Å². The molecule has 2 rings (SSSR count). The van der Waals surface area contributed by atoms with Gasteiger partial charge in [-0.2, -0.15) is 5.10 Å². The molecule has 0 spiro atoms. The predicted molar refractivity (Wildman–Crippen MR) is 91.5 cm³/mol. The zero-order chi connectivity index (χ0) is 16.9. The van der Waals surface area contributed by atoms with E-state index in [0.29, 0.717) is 19.0 Å². The first kappa shape index (κ1) is 17.3. The number of aromatic nitrogens is 2. The summed E-state index contributed by atoms with van der Waals surface area (Å²) in [4.78, 5) is 11.6. The van der Waals surface area contributed by atoms with Crippen LogP contribution < -0.4 is 5.32 Å². The summed E-state index contributed by atoms with van der Waals surface area (Å²) >= 11 is 6.08. The molecule has 0 aliphatic heterocycles. The third-order valence-corrected chi connectivity index (χ3v) is 3.41. The fraction of sp³-hybridized carbons (Fsp3) is 0.412. The van der Waals surface area contributed by atoms with Crippen LogP contribution in [0.2, 0.25) is 0 Å². The van der Waals surface area contributed by atoms with Crippen molar-refractivity contribution in [2.75, 3.05) is 6.54 Å². The van der Waals surface area contributed by atoms with Crippen LogP contribution in [-0.2, 0) is 17.2 Å². The zero-order valence-corrected chi connectivity index (χ0v) is 14.4. The Kier molecular flexibility index (Phi) is 5.66. The summed E-state index contributed by atoms with van der Waals surface area (Å²) in [5.41, 5.74) is 2.52. The fourth-order valence-electron chi connectivity index (χ4n) is 2.18. The highest BCUT2D eigenvalue weighted by atomic mass is 35.5. The lowest BCUT2D eigenvalue weighted by Crippen LogP contribution is -2.34. The number of carbonyl (C=O) groups is 1. The van der Waals surface area contributed by atoms with Gasteiger partial charge in [-0.15, -0.1) is 11.6 Å². The van der Waals surface area contributed by atoms with Crippen LogP contribution in [0.15, 0.2) is 36.5 Å². The number of alkyl halides is 1. The smallest absolute Gasteiger partial charge is 0.407 e. The quantitative estimate of drug-likeness (QED) is 0.845. The summed E-state index contributed by atoms with van der Waals surface area (Å²) in [6.07, 6.45) is 1.38. The summed E-state index contributed by atoms with van der Waals surface area (Å²) < 4.78 is 7.01. The first-order chi connectivity index (χ1) is 10.9. The molecule has 0 saturated carbocycles. The van der Waals surface area contributed by atoms with Crippen LogP contribution in [0.4, 0.5) is 4.79 Å². The van der Waals surface area contributed by atoms with E-state index in [1.807, 2.05) is 55.8 Å². The Bertz CT molecular complexity index is 648. The van der Waals surface area contributed by atoms with Crippen molar-refractivity contribution in [1.82, 2.24) is 15.1 Å². The highest BCUT2D eigenvalue weighted by molar-refractivity contribution is 6.17. The lowest BCUT2D eigenvalue weighted by atomic mass is 10.1. The van der Waals surface area contributed by atoms with E-state index in [1.165, 1.54) is 0 Å². The van der Waals surface area contributed by atoms with Crippen molar-refractivity contribution >= 4 is 17.7 Å². The summed E-state index contributed by atoms with van der Waals surface area (Å²) in [6, 6.07) is 9.98. The molecule has 6 heteroatoms. The number of nitrogens with one attached hydrogen (secondary N) is 1. The summed E-state index contributed by atoms with van der Waals surface area (Å²) in [5, 5.41) is 7.10. The number of alkyl carbamates (subject to hydrolysis) is 1. The maximum Gasteiger partial charge on any atom is 0.407 e. The minimum atomic E-state index is -0.502. The number of carbonyl (C=O) groups excluding carboxylic acids is 1. The molecule has 5 nitrogen and oxygen atoms in total. The highest BCUT2D eigenvalue weighted by Gasteiger charge is 2.16. The van der Waals surface area contributed by atoms with Crippen LogP contribution in [0, 0.1) is 0 Å². The number of amides is 1. The van der Waals surface area contributed by atoms with Gasteiger partial charge in [0.1, 0.15) is 5.60 Å². The van der Waals surface area contributed by atoms with Gasteiger partial charge < -0.3 is 10.1 Å². The van der Waals surface area contributed by atoms with Gasteiger partial charge in [-0.25, -0.2) is 4.79 Å². The highest BCUT2D eigenvalue weighted by Crippen LogP contribution is 2.24. The van der Waals surface area contributed by atoms with Crippen LogP contribution in [0.1, 0.15) is 26.5 Å². The van der Waals surface area contributed by atoms with Crippen molar-refractivity contribution in [3.8, 4) is 11.1 Å². The number of ether oxygens (including phenoxy) is 1. The molecule has 0 unspecified atom stereocenters. The Labute approximate surface area is 141 Å². The minimum absolute atomic E-state index is 0.358. The molecular formula is C17H22ClN3O2. The standard InChI is InChI=1S/C17H22ClN3O2/c1-17(2,3)23-16(22)19-9-10-21-15(11-18)14(12-20-21)13-7-5-4-6-8-13/h4-8,12H,9-11H2,1-3H3,(H,19,22). The SMILES string of the molecule is CC(C)(C)OC(=O)NCCn1ncc(-c2ccccc2)c1CCl. The summed E-state index contributed by atoms with van der Waals surface area (Å²) in [7, 11) is 0. The Morgan fingerprint density at radius 3 is 2.61 bits per heavy atom. The van der Waals surface area contributed by atoms with Gasteiger partial charge in [0.2, 0.25) is 0 Å². The van der Waals surface area contributed by atoms with E-state index in [2.05, 4.69) is 10.4 Å². The number of benzene rings is 1. The van der Waals surface area contributed by atoms with E-state index in [-0.39, 0.29) is 0 Å². The predicted octanol–water partition coefficient (Wildman–Crippen LogP) is 3.81. The topological polar surface area (TPSA) is 56.1 Å². The first-order valence-corrected chi connectivity index (χ1v) is 8.07. The number of hydrogen-bond acceptors (Lipinski definition) is 3. The van der Waals surface area contributed by atoms with Gasteiger partial charge >= 0.3 is 6.09 Å². The monoisotopic (exact) mass is 335 g/mol. The van der Waals surface area contributed by atoms with Crippen molar-refractivity contribution in [2.45, 2.75) is 38.8 Å². The average Bonchev–Trinajstić information content (AvgIpc) is 2.89. The van der Waals surface area contributed by atoms with Crippen LogP contribution in [0.3, 0.4) is 0 Å². The van der Waals surface area contributed by atoms with E-state index >= 15 is 0 Å². The molecule has 1 heterocycles. The molecule has 0 aliphatic rings. The van der Waals surface area contributed by atoms with Crippen LogP contribution in [0.25, 0.3) is 11.1 Å². The Morgan fingerprint density at radius 2 is 2.00 bits per heavy atom. The molecule has 1 aromatic carbocycles. The molecule has 23 heavy (non-hydrogen) atoms. The molecule has 0 fully saturated rings. The molecule has 1 aromatic heterocycles. The van der Waals surface area contributed by atoms with Gasteiger partial charge in [-0.3, -0.25) is 4.68 Å². The van der Waals surface area contributed by atoms with Crippen molar-refractivity contribution in [3.63, 3.8) is 0 Å². The van der Waals surface area contributed by atoms with Crippen molar-refractivity contribution < 1.29 is 9.53 Å². The third-order valence-electron chi connectivity index (χ3n) is 3.15. The number of rotatable bonds is 5.